The first-order valence-corrected chi connectivity index (χ1v) is 10.5. The topological polar surface area (TPSA) is 77.6 Å². The highest BCUT2D eigenvalue weighted by molar-refractivity contribution is 5.98. The van der Waals surface area contributed by atoms with Gasteiger partial charge in [0, 0.05) is 32.5 Å². The third-order valence-corrected chi connectivity index (χ3v) is 5.26. The van der Waals surface area contributed by atoms with Crippen LogP contribution in [0.4, 0.5) is 0 Å². The van der Waals surface area contributed by atoms with Crippen molar-refractivity contribution < 1.29 is 9.53 Å². The van der Waals surface area contributed by atoms with Crippen LogP contribution >= 0.6 is 0 Å². The summed E-state index contributed by atoms with van der Waals surface area (Å²) in [7, 11) is 0. The lowest BCUT2D eigenvalue weighted by molar-refractivity contribution is 0.0936. The first kappa shape index (κ1) is 20.8. The van der Waals surface area contributed by atoms with Gasteiger partial charge in [-0.3, -0.25) is 14.0 Å². The molecule has 31 heavy (non-hydrogen) atoms. The van der Waals surface area contributed by atoms with Gasteiger partial charge in [-0.15, -0.1) is 0 Å². The van der Waals surface area contributed by atoms with E-state index in [9.17, 15) is 9.59 Å². The highest BCUT2D eigenvalue weighted by atomic mass is 16.5. The van der Waals surface area contributed by atoms with E-state index in [-0.39, 0.29) is 11.5 Å². The van der Waals surface area contributed by atoms with Crippen molar-refractivity contribution in [3.8, 4) is 0 Å². The third-order valence-electron chi connectivity index (χ3n) is 5.26. The van der Waals surface area contributed by atoms with E-state index in [1.807, 2.05) is 60.9 Å². The molecule has 7 heteroatoms. The zero-order valence-corrected chi connectivity index (χ0v) is 17.8. The Balaban J connectivity index is 1.80. The fourth-order valence-corrected chi connectivity index (χ4v) is 3.69. The van der Waals surface area contributed by atoms with Crippen LogP contribution in [0.15, 0.2) is 59.5 Å². The molecule has 4 rings (SSSR count). The Bertz CT molecular complexity index is 1270. The predicted octanol–water partition coefficient (Wildman–Crippen LogP) is 3.16. The third kappa shape index (κ3) is 4.22. The summed E-state index contributed by atoms with van der Waals surface area (Å²) in [6.45, 7) is 6.06. The van der Waals surface area contributed by atoms with E-state index >= 15 is 0 Å². The molecule has 0 saturated carbocycles. The van der Waals surface area contributed by atoms with Crippen LogP contribution in [0.1, 0.15) is 35.0 Å². The zero-order chi connectivity index (χ0) is 21.8. The standard InChI is InChI=1S/C24H26N4O3/c1-3-31-14-8-12-25-23(29)20-15-19-22(28(20)16-18-10-5-4-6-11-18)26-21-17(2)9-7-13-27(21)24(19)30/h4-7,9-11,13,15H,3,8,12,14,16H2,1-2H3,(H,25,29). The first-order valence-electron chi connectivity index (χ1n) is 10.5. The summed E-state index contributed by atoms with van der Waals surface area (Å²) < 4.78 is 8.70. The molecule has 1 aromatic carbocycles. The lowest BCUT2D eigenvalue weighted by Crippen LogP contribution is -2.27. The minimum absolute atomic E-state index is 0.180. The number of amides is 1. The van der Waals surface area contributed by atoms with Crippen LogP contribution < -0.4 is 10.9 Å². The van der Waals surface area contributed by atoms with Crippen molar-refractivity contribution in [1.29, 1.82) is 0 Å². The second-order valence-electron chi connectivity index (χ2n) is 7.45. The first-order chi connectivity index (χ1) is 15.1. The quantitative estimate of drug-likeness (QED) is 0.446. The number of carbonyl (C=O) groups is 1. The molecule has 0 atom stereocenters. The Kier molecular flexibility index (Phi) is 6.13. The molecule has 0 saturated heterocycles. The van der Waals surface area contributed by atoms with Gasteiger partial charge in [-0.25, -0.2) is 4.98 Å². The molecule has 0 unspecified atom stereocenters. The smallest absolute Gasteiger partial charge is 0.268 e. The molecule has 1 amide bonds. The zero-order valence-electron chi connectivity index (χ0n) is 17.8. The summed E-state index contributed by atoms with van der Waals surface area (Å²) >= 11 is 0. The van der Waals surface area contributed by atoms with E-state index in [0.717, 1.165) is 17.5 Å². The van der Waals surface area contributed by atoms with Gasteiger partial charge in [0.05, 0.1) is 5.39 Å². The van der Waals surface area contributed by atoms with Crippen molar-refractivity contribution in [3.63, 3.8) is 0 Å². The summed E-state index contributed by atoms with van der Waals surface area (Å²) in [4.78, 5) is 31.0. The van der Waals surface area contributed by atoms with Crippen molar-refractivity contribution in [2.45, 2.75) is 26.8 Å². The molecule has 4 aromatic rings. The minimum Gasteiger partial charge on any atom is -0.382 e. The van der Waals surface area contributed by atoms with E-state index in [4.69, 9.17) is 9.72 Å². The fraction of sp³-hybridized carbons (Fsp3) is 0.292. The van der Waals surface area contributed by atoms with Gasteiger partial charge in [0.2, 0.25) is 0 Å². The average Bonchev–Trinajstić information content (AvgIpc) is 3.14. The van der Waals surface area contributed by atoms with Gasteiger partial charge < -0.3 is 14.6 Å². The Morgan fingerprint density at radius 1 is 1.13 bits per heavy atom. The van der Waals surface area contributed by atoms with Crippen LogP contribution in [0.2, 0.25) is 0 Å². The molecule has 0 aliphatic heterocycles. The van der Waals surface area contributed by atoms with Gasteiger partial charge in [0.1, 0.15) is 17.0 Å². The monoisotopic (exact) mass is 418 g/mol. The number of hydrogen-bond donors (Lipinski definition) is 1. The minimum atomic E-state index is -0.226. The summed E-state index contributed by atoms with van der Waals surface area (Å²) in [6, 6.07) is 15.2. The number of nitrogens with one attached hydrogen (secondary N) is 1. The molecular formula is C24H26N4O3. The van der Waals surface area contributed by atoms with Crippen molar-refractivity contribution in [2.24, 2.45) is 0 Å². The van der Waals surface area contributed by atoms with Crippen LogP contribution in [0, 0.1) is 6.92 Å². The molecular weight excluding hydrogens is 392 g/mol. The van der Waals surface area contributed by atoms with Gasteiger partial charge >= 0.3 is 0 Å². The molecule has 3 aromatic heterocycles. The van der Waals surface area contributed by atoms with Crippen molar-refractivity contribution in [2.75, 3.05) is 19.8 Å². The van der Waals surface area contributed by atoms with Crippen LogP contribution in [-0.2, 0) is 11.3 Å². The van der Waals surface area contributed by atoms with Gasteiger partial charge in [-0.1, -0.05) is 36.4 Å². The van der Waals surface area contributed by atoms with Gasteiger partial charge in [0.25, 0.3) is 11.5 Å². The normalized spacial score (nSPS) is 11.3. The Hall–Kier alpha value is -3.45. The molecule has 0 fully saturated rings. The van der Waals surface area contributed by atoms with Crippen LogP contribution in [-0.4, -0.2) is 39.6 Å². The van der Waals surface area contributed by atoms with Crippen LogP contribution in [0.25, 0.3) is 16.7 Å². The van der Waals surface area contributed by atoms with Crippen molar-refractivity contribution in [1.82, 2.24) is 19.3 Å². The summed E-state index contributed by atoms with van der Waals surface area (Å²) in [5.41, 5.74) is 3.28. The molecule has 0 bridgehead atoms. The summed E-state index contributed by atoms with van der Waals surface area (Å²) in [6.07, 6.45) is 2.43. The SMILES string of the molecule is CCOCCCNC(=O)c1cc2c(=O)n3cccc(C)c3nc2n1Cc1ccccc1. The van der Waals surface area contributed by atoms with Crippen molar-refractivity contribution >= 4 is 22.6 Å². The summed E-state index contributed by atoms with van der Waals surface area (Å²) in [5.74, 6) is -0.226. The van der Waals surface area contributed by atoms with E-state index in [0.29, 0.717) is 48.7 Å². The van der Waals surface area contributed by atoms with E-state index in [2.05, 4.69) is 5.32 Å². The number of benzene rings is 1. The lowest BCUT2D eigenvalue weighted by atomic mass is 10.2. The molecule has 160 valence electrons. The number of carbonyl (C=O) groups excluding carboxylic acids is 1. The van der Waals surface area contributed by atoms with Gasteiger partial charge in [-0.2, -0.15) is 0 Å². The average molecular weight is 418 g/mol. The number of ether oxygens (including phenoxy) is 1. The highest BCUT2D eigenvalue weighted by Gasteiger charge is 2.20. The largest absolute Gasteiger partial charge is 0.382 e. The number of aromatic nitrogens is 3. The lowest BCUT2D eigenvalue weighted by Gasteiger charge is -2.11. The Morgan fingerprint density at radius 3 is 2.71 bits per heavy atom. The molecule has 0 spiro atoms. The molecule has 0 aliphatic rings. The number of hydrogen-bond acceptors (Lipinski definition) is 4. The maximum absolute atomic E-state index is 13.2. The second kappa shape index (κ2) is 9.14. The number of aryl methyl sites for hydroxylation is 1. The highest BCUT2D eigenvalue weighted by Crippen LogP contribution is 2.19. The fourth-order valence-electron chi connectivity index (χ4n) is 3.69. The van der Waals surface area contributed by atoms with Crippen LogP contribution in [0.3, 0.4) is 0 Å². The molecule has 1 N–H and O–H groups in total. The maximum atomic E-state index is 13.2. The van der Waals surface area contributed by atoms with E-state index in [1.54, 1.807) is 12.3 Å². The maximum Gasteiger partial charge on any atom is 0.268 e. The van der Waals surface area contributed by atoms with E-state index in [1.165, 1.54) is 4.40 Å². The van der Waals surface area contributed by atoms with E-state index < -0.39 is 0 Å². The molecule has 3 heterocycles. The number of pyridine rings is 1. The van der Waals surface area contributed by atoms with Crippen LogP contribution in [0.5, 0.6) is 0 Å². The molecule has 0 aliphatic carbocycles. The van der Waals surface area contributed by atoms with Crippen molar-refractivity contribution in [3.05, 3.63) is 81.9 Å². The Morgan fingerprint density at radius 2 is 1.94 bits per heavy atom. The number of nitrogens with zero attached hydrogens (tertiary/aromatic N) is 3. The Labute approximate surface area is 180 Å². The summed E-state index contributed by atoms with van der Waals surface area (Å²) in [5, 5.41) is 3.37. The van der Waals surface area contributed by atoms with Gasteiger partial charge in [-0.05, 0) is 43.5 Å². The second-order valence-corrected chi connectivity index (χ2v) is 7.45. The molecule has 7 nitrogen and oxygen atoms in total. The number of rotatable bonds is 8. The number of fused-ring (bicyclic) bond motifs is 2. The van der Waals surface area contributed by atoms with Gasteiger partial charge in [0.15, 0.2) is 0 Å². The predicted molar refractivity (Wildman–Crippen MR) is 121 cm³/mol. The molecule has 0 radical (unpaired) electrons.